The summed E-state index contributed by atoms with van der Waals surface area (Å²) in [5.41, 5.74) is 6.13. The number of benzene rings is 3. The van der Waals surface area contributed by atoms with Gasteiger partial charge in [-0.15, -0.1) is 5.10 Å². The Morgan fingerprint density at radius 2 is 1.62 bits per heavy atom. The Bertz CT molecular complexity index is 1230. The topological polar surface area (TPSA) is 54.3 Å². The van der Waals surface area contributed by atoms with E-state index in [1.807, 2.05) is 46.0 Å². The van der Waals surface area contributed by atoms with Crippen molar-refractivity contribution in [3.63, 3.8) is 0 Å². The van der Waals surface area contributed by atoms with Gasteiger partial charge in [-0.05, 0) is 41.8 Å². The van der Waals surface area contributed by atoms with Crippen LogP contribution >= 0.6 is 0 Å². The second-order valence-electron chi connectivity index (χ2n) is 8.43. The molecule has 6 nitrogen and oxygen atoms in total. The van der Waals surface area contributed by atoms with E-state index in [0.717, 1.165) is 43.8 Å². The van der Waals surface area contributed by atoms with Crippen molar-refractivity contribution in [1.29, 1.82) is 0 Å². The Hall–Kier alpha value is -3.51. The second-order valence-corrected chi connectivity index (χ2v) is 8.43. The van der Waals surface area contributed by atoms with E-state index < -0.39 is 0 Å². The molecule has 1 aromatic heterocycles. The minimum absolute atomic E-state index is 0.0692. The number of hydrogen-bond donors (Lipinski definition) is 0. The molecule has 0 bridgehead atoms. The summed E-state index contributed by atoms with van der Waals surface area (Å²) in [5.74, 6) is 0.0692. The number of rotatable bonds is 5. The molecule has 5 rings (SSSR count). The first-order chi connectivity index (χ1) is 15.7. The summed E-state index contributed by atoms with van der Waals surface area (Å²) in [7, 11) is 0. The van der Waals surface area contributed by atoms with Crippen LogP contribution in [0.2, 0.25) is 0 Å². The van der Waals surface area contributed by atoms with Gasteiger partial charge in [0, 0.05) is 38.3 Å². The number of carbonyl (C=O) groups is 1. The van der Waals surface area contributed by atoms with Crippen molar-refractivity contribution in [2.75, 3.05) is 26.2 Å². The van der Waals surface area contributed by atoms with Crippen molar-refractivity contribution >= 4 is 16.9 Å². The Morgan fingerprint density at radius 3 is 2.41 bits per heavy atom. The van der Waals surface area contributed by atoms with Crippen LogP contribution in [0.1, 0.15) is 27.0 Å². The molecule has 0 N–H and O–H groups in total. The normalized spacial score (nSPS) is 14.7. The van der Waals surface area contributed by atoms with Crippen LogP contribution in [0.25, 0.3) is 11.0 Å². The van der Waals surface area contributed by atoms with Crippen LogP contribution in [-0.4, -0.2) is 56.9 Å². The summed E-state index contributed by atoms with van der Waals surface area (Å²) in [4.78, 5) is 17.5. The van der Waals surface area contributed by atoms with Gasteiger partial charge in [0.15, 0.2) is 0 Å². The molecule has 0 spiro atoms. The van der Waals surface area contributed by atoms with Crippen molar-refractivity contribution in [2.45, 2.75) is 20.0 Å². The average molecular weight is 426 g/mol. The summed E-state index contributed by atoms with van der Waals surface area (Å²) in [5, 5.41) is 8.66. The highest BCUT2D eigenvalue weighted by Gasteiger charge is 2.23. The van der Waals surface area contributed by atoms with Gasteiger partial charge in [0.05, 0.1) is 12.1 Å². The molecule has 0 unspecified atom stereocenters. The maximum Gasteiger partial charge on any atom is 0.254 e. The number of hydrogen-bond acceptors (Lipinski definition) is 4. The Kier molecular flexibility index (Phi) is 5.69. The largest absolute Gasteiger partial charge is 0.336 e. The third-order valence-corrected chi connectivity index (χ3v) is 6.25. The van der Waals surface area contributed by atoms with E-state index in [0.29, 0.717) is 12.1 Å². The number of aryl methyl sites for hydroxylation is 1. The Balaban J connectivity index is 1.25. The summed E-state index contributed by atoms with van der Waals surface area (Å²) < 4.78 is 1.90. The van der Waals surface area contributed by atoms with Gasteiger partial charge in [-0.2, -0.15) is 0 Å². The zero-order valence-electron chi connectivity index (χ0n) is 18.3. The lowest BCUT2D eigenvalue weighted by atomic mass is 10.1. The maximum atomic E-state index is 13.1. The third-order valence-electron chi connectivity index (χ3n) is 6.25. The van der Waals surface area contributed by atoms with E-state index in [-0.39, 0.29) is 5.91 Å². The summed E-state index contributed by atoms with van der Waals surface area (Å²) in [6.07, 6.45) is 0. The fourth-order valence-electron chi connectivity index (χ4n) is 4.30. The van der Waals surface area contributed by atoms with Gasteiger partial charge in [0.25, 0.3) is 5.91 Å². The highest BCUT2D eigenvalue weighted by atomic mass is 16.2. The molecule has 6 heteroatoms. The highest BCUT2D eigenvalue weighted by molar-refractivity contribution is 5.97. The molecule has 1 aliphatic rings. The number of carbonyl (C=O) groups excluding carboxylic acids is 1. The maximum absolute atomic E-state index is 13.1. The minimum atomic E-state index is 0.0692. The second kappa shape index (κ2) is 8.93. The van der Waals surface area contributed by atoms with Crippen molar-refractivity contribution in [3.05, 3.63) is 95.1 Å². The van der Waals surface area contributed by atoms with Crippen LogP contribution in [0.5, 0.6) is 0 Å². The van der Waals surface area contributed by atoms with Gasteiger partial charge in [-0.1, -0.05) is 59.8 Å². The van der Waals surface area contributed by atoms with Crippen molar-refractivity contribution < 1.29 is 4.79 Å². The zero-order chi connectivity index (χ0) is 21.9. The monoisotopic (exact) mass is 425 g/mol. The predicted octanol–water partition coefficient (Wildman–Crippen LogP) is 3.75. The minimum Gasteiger partial charge on any atom is -0.336 e. The average Bonchev–Trinajstić information content (AvgIpc) is 3.23. The van der Waals surface area contributed by atoms with Gasteiger partial charge in [0.1, 0.15) is 5.52 Å². The molecule has 1 aliphatic heterocycles. The number of fused-ring (bicyclic) bond motifs is 1. The lowest BCUT2D eigenvalue weighted by Gasteiger charge is -2.34. The van der Waals surface area contributed by atoms with Gasteiger partial charge >= 0.3 is 0 Å². The molecule has 32 heavy (non-hydrogen) atoms. The fourth-order valence-corrected chi connectivity index (χ4v) is 4.30. The molecule has 162 valence electrons. The first-order valence-corrected chi connectivity index (χ1v) is 11.1. The Labute approximate surface area is 188 Å². The molecular formula is C26H27N5O. The standard InChI is InChI=1S/C26H27N5O/c1-20-7-5-6-10-23(20)19-31-25-12-11-22(17-24(25)27-28-31)26(32)30-15-13-29(14-16-30)18-21-8-3-2-4-9-21/h2-12,17H,13-16,18-19H2,1H3. The lowest BCUT2D eigenvalue weighted by molar-refractivity contribution is 0.0628. The predicted molar refractivity (Wildman–Crippen MR) is 125 cm³/mol. The summed E-state index contributed by atoms with van der Waals surface area (Å²) in [6.45, 7) is 6.95. The molecule has 1 saturated heterocycles. The van der Waals surface area contributed by atoms with Gasteiger partial charge in [0.2, 0.25) is 0 Å². The quantitative estimate of drug-likeness (QED) is 0.489. The van der Waals surface area contributed by atoms with Crippen LogP contribution in [0, 0.1) is 6.92 Å². The highest BCUT2D eigenvalue weighted by Crippen LogP contribution is 2.18. The molecule has 2 heterocycles. The van der Waals surface area contributed by atoms with E-state index in [9.17, 15) is 4.79 Å². The van der Waals surface area contributed by atoms with Crippen LogP contribution in [0.4, 0.5) is 0 Å². The fraction of sp³-hybridized carbons (Fsp3) is 0.269. The SMILES string of the molecule is Cc1ccccc1Cn1nnc2cc(C(=O)N3CCN(Cc4ccccc4)CC3)ccc21. The van der Waals surface area contributed by atoms with E-state index >= 15 is 0 Å². The molecule has 4 aromatic rings. The lowest BCUT2D eigenvalue weighted by Crippen LogP contribution is -2.48. The zero-order valence-corrected chi connectivity index (χ0v) is 18.3. The molecular weight excluding hydrogens is 398 g/mol. The summed E-state index contributed by atoms with van der Waals surface area (Å²) >= 11 is 0. The van der Waals surface area contributed by atoms with Gasteiger partial charge in [-0.3, -0.25) is 9.69 Å². The first-order valence-electron chi connectivity index (χ1n) is 11.1. The molecule has 1 amide bonds. The van der Waals surface area contributed by atoms with Gasteiger partial charge in [-0.25, -0.2) is 4.68 Å². The van der Waals surface area contributed by atoms with Gasteiger partial charge < -0.3 is 4.90 Å². The summed E-state index contributed by atoms with van der Waals surface area (Å²) in [6, 6.07) is 24.5. The van der Waals surface area contributed by atoms with E-state index in [2.05, 4.69) is 58.5 Å². The Morgan fingerprint density at radius 1 is 0.875 bits per heavy atom. The van der Waals surface area contributed by atoms with E-state index in [1.165, 1.54) is 16.7 Å². The van der Waals surface area contributed by atoms with Crippen LogP contribution < -0.4 is 0 Å². The van der Waals surface area contributed by atoms with Crippen molar-refractivity contribution in [2.24, 2.45) is 0 Å². The van der Waals surface area contributed by atoms with Crippen LogP contribution in [0.3, 0.4) is 0 Å². The molecule has 0 atom stereocenters. The molecule has 0 radical (unpaired) electrons. The third kappa shape index (κ3) is 4.27. The number of piperazine rings is 1. The first kappa shape index (κ1) is 20.4. The van der Waals surface area contributed by atoms with Crippen molar-refractivity contribution in [1.82, 2.24) is 24.8 Å². The van der Waals surface area contributed by atoms with Crippen LogP contribution in [0.15, 0.2) is 72.8 Å². The molecule has 0 saturated carbocycles. The number of nitrogens with zero attached hydrogens (tertiary/aromatic N) is 5. The van der Waals surface area contributed by atoms with Crippen LogP contribution in [-0.2, 0) is 13.1 Å². The number of aromatic nitrogens is 3. The van der Waals surface area contributed by atoms with E-state index in [4.69, 9.17) is 0 Å². The molecule has 0 aliphatic carbocycles. The van der Waals surface area contributed by atoms with E-state index in [1.54, 1.807) is 0 Å². The van der Waals surface area contributed by atoms with Crippen molar-refractivity contribution in [3.8, 4) is 0 Å². The molecule has 1 fully saturated rings. The molecule has 3 aromatic carbocycles. The number of amides is 1. The smallest absolute Gasteiger partial charge is 0.254 e.